The van der Waals surface area contributed by atoms with Gasteiger partial charge in [0.25, 0.3) is 5.91 Å². The number of hydrogen-bond acceptors (Lipinski definition) is 3. The summed E-state index contributed by atoms with van der Waals surface area (Å²) in [5.41, 5.74) is 6.32. The number of nitrogens with one attached hydrogen (secondary N) is 2. The fourth-order valence-corrected chi connectivity index (χ4v) is 1.34. The van der Waals surface area contributed by atoms with Crippen molar-refractivity contribution in [3.05, 3.63) is 41.5 Å². The monoisotopic (exact) mass is 234 g/mol. The first-order chi connectivity index (χ1) is 8.08. The molecule has 17 heavy (non-hydrogen) atoms. The smallest absolute Gasteiger partial charge is 0.258 e. The third-order valence-electron chi connectivity index (χ3n) is 2.38. The summed E-state index contributed by atoms with van der Waals surface area (Å²) in [6, 6.07) is 2.57. The average Bonchev–Trinajstić information content (AvgIpc) is 2.77. The number of imidazole rings is 1. The largest absolute Gasteiger partial charge is 0.398 e. The molecule has 2 rings (SSSR count). The molecule has 5 nitrogen and oxygen atoms in total. The van der Waals surface area contributed by atoms with Gasteiger partial charge in [0.15, 0.2) is 0 Å². The number of nitrogens with zero attached hydrogens (tertiary/aromatic N) is 1. The lowest BCUT2D eigenvalue weighted by atomic mass is 10.1. The molecular weight excluding hydrogens is 223 g/mol. The summed E-state index contributed by atoms with van der Waals surface area (Å²) in [7, 11) is 0. The molecule has 0 radical (unpaired) electrons. The van der Waals surface area contributed by atoms with E-state index in [2.05, 4.69) is 15.3 Å². The van der Waals surface area contributed by atoms with E-state index < -0.39 is 11.7 Å². The number of benzene rings is 1. The summed E-state index contributed by atoms with van der Waals surface area (Å²) < 4.78 is 13.4. The maximum atomic E-state index is 13.4. The minimum Gasteiger partial charge on any atom is -0.398 e. The normalized spacial score (nSPS) is 10.2. The Kier molecular flexibility index (Phi) is 2.78. The zero-order valence-corrected chi connectivity index (χ0v) is 9.12. The molecule has 0 aliphatic rings. The fraction of sp³-hybridized carbons (Fsp3) is 0.0909. The summed E-state index contributed by atoms with van der Waals surface area (Å²) in [4.78, 5) is 18.3. The Balaban J connectivity index is 2.26. The van der Waals surface area contributed by atoms with Crippen molar-refractivity contribution in [1.29, 1.82) is 0 Å². The summed E-state index contributed by atoms with van der Waals surface area (Å²) in [5, 5.41) is 2.48. The first kappa shape index (κ1) is 11.1. The lowest BCUT2D eigenvalue weighted by Crippen LogP contribution is -2.14. The first-order valence-corrected chi connectivity index (χ1v) is 4.94. The molecule has 0 aliphatic heterocycles. The van der Waals surface area contributed by atoms with Crippen molar-refractivity contribution in [1.82, 2.24) is 9.97 Å². The standard InChI is InChI=1S/C11H11FN4O/c1-6-8(12)4-7(5-9(6)13)10(17)16-11-14-2-3-15-11/h2-5H,13H2,1H3,(H2,14,15,16,17). The van der Waals surface area contributed by atoms with Gasteiger partial charge in [0.05, 0.1) is 0 Å². The highest BCUT2D eigenvalue weighted by Crippen LogP contribution is 2.18. The fourth-order valence-electron chi connectivity index (χ4n) is 1.34. The number of rotatable bonds is 2. The van der Waals surface area contributed by atoms with Crippen LogP contribution < -0.4 is 11.1 Å². The van der Waals surface area contributed by atoms with E-state index in [1.54, 1.807) is 13.1 Å². The van der Waals surface area contributed by atoms with Crippen LogP contribution in [-0.2, 0) is 0 Å². The number of halogens is 1. The average molecular weight is 234 g/mol. The highest BCUT2D eigenvalue weighted by Gasteiger charge is 2.11. The van der Waals surface area contributed by atoms with Crippen LogP contribution in [0.3, 0.4) is 0 Å². The van der Waals surface area contributed by atoms with Crippen LogP contribution in [0.1, 0.15) is 15.9 Å². The molecule has 1 aromatic carbocycles. The molecular formula is C11H11FN4O. The van der Waals surface area contributed by atoms with Gasteiger partial charge in [-0.25, -0.2) is 9.37 Å². The molecule has 0 saturated carbocycles. The van der Waals surface area contributed by atoms with Gasteiger partial charge in [0, 0.05) is 29.2 Å². The molecule has 0 atom stereocenters. The van der Waals surface area contributed by atoms with Crippen molar-refractivity contribution in [3.63, 3.8) is 0 Å². The molecule has 88 valence electrons. The van der Waals surface area contributed by atoms with E-state index in [1.165, 1.54) is 12.3 Å². The van der Waals surface area contributed by atoms with Gasteiger partial charge in [-0.3, -0.25) is 10.1 Å². The number of nitrogen functional groups attached to an aromatic ring is 1. The lowest BCUT2D eigenvalue weighted by molar-refractivity contribution is 0.102. The maximum absolute atomic E-state index is 13.4. The molecule has 0 aliphatic carbocycles. The van der Waals surface area contributed by atoms with Crippen LogP contribution in [0.25, 0.3) is 0 Å². The molecule has 6 heteroatoms. The first-order valence-electron chi connectivity index (χ1n) is 4.94. The summed E-state index contributed by atoms with van der Waals surface area (Å²) in [6.45, 7) is 1.55. The molecule has 0 spiro atoms. The molecule has 0 bridgehead atoms. The Bertz CT molecular complexity index is 528. The third-order valence-corrected chi connectivity index (χ3v) is 2.38. The van der Waals surface area contributed by atoms with Crippen molar-refractivity contribution in [2.24, 2.45) is 0 Å². The van der Waals surface area contributed by atoms with Crippen LogP contribution in [0.2, 0.25) is 0 Å². The van der Waals surface area contributed by atoms with Crippen molar-refractivity contribution in [3.8, 4) is 0 Å². The Hall–Kier alpha value is -2.37. The van der Waals surface area contributed by atoms with Crippen LogP contribution >= 0.6 is 0 Å². The highest BCUT2D eigenvalue weighted by molar-refractivity contribution is 6.04. The minimum atomic E-state index is -0.505. The van der Waals surface area contributed by atoms with Crippen molar-refractivity contribution < 1.29 is 9.18 Å². The Labute approximate surface area is 96.9 Å². The number of carbonyl (C=O) groups is 1. The van der Waals surface area contributed by atoms with Gasteiger partial charge >= 0.3 is 0 Å². The topological polar surface area (TPSA) is 83.8 Å². The number of H-pyrrole nitrogens is 1. The summed E-state index contributed by atoms with van der Waals surface area (Å²) in [5.74, 6) is -0.672. The molecule has 2 aromatic rings. The second-order valence-corrected chi connectivity index (χ2v) is 3.56. The number of nitrogens with two attached hydrogens (primary N) is 1. The SMILES string of the molecule is Cc1c(N)cc(C(=O)Nc2ncc[nH]2)cc1F. The molecule has 1 heterocycles. The van der Waals surface area contributed by atoms with E-state index in [0.717, 1.165) is 6.07 Å². The van der Waals surface area contributed by atoms with E-state index >= 15 is 0 Å². The van der Waals surface area contributed by atoms with Gasteiger partial charge in [-0.05, 0) is 19.1 Å². The molecule has 0 unspecified atom stereocenters. The predicted octanol–water partition coefficient (Wildman–Crippen LogP) is 1.69. The van der Waals surface area contributed by atoms with Gasteiger partial charge in [0.1, 0.15) is 5.82 Å². The van der Waals surface area contributed by atoms with Gasteiger partial charge in [0.2, 0.25) is 5.95 Å². The summed E-state index contributed by atoms with van der Waals surface area (Å²) in [6.07, 6.45) is 3.07. The lowest BCUT2D eigenvalue weighted by Gasteiger charge is -2.06. The highest BCUT2D eigenvalue weighted by atomic mass is 19.1. The zero-order valence-electron chi connectivity index (χ0n) is 9.12. The van der Waals surface area contributed by atoms with Crippen LogP contribution in [0, 0.1) is 12.7 Å². The second-order valence-electron chi connectivity index (χ2n) is 3.56. The van der Waals surface area contributed by atoms with Crippen LogP contribution in [-0.4, -0.2) is 15.9 Å². The van der Waals surface area contributed by atoms with E-state index in [1.807, 2.05) is 0 Å². The van der Waals surface area contributed by atoms with Crippen molar-refractivity contribution in [2.75, 3.05) is 11.1 Å². The van der Waals surface area contributed by atoms with E-state index in [4.69, 9.17) is 5.73 Å². The van der Waals surface area contributed by atoms with Crippen LogP contribution in [0.4, 0.5) is 16.0 Å². The van der Waals surface area contributed by atoms with Crippen LogP contribution in [0.15, 0.2) is 24.5 Å². The number of anilines is 2. The molecule has 1 amide bonds. The zero-order chi connectivity index (χ0) is 12.4. The number of hydrogen-bond donors (Lipinski definition) is 3. The van der Waals surface area contributed by atoms with Crippen molar-refractivity contribution >= 4 is 17.5 Å². The summed E-state index contributed by atoms with van der Waals surface area (Å²) >= 11 is 0. The molecule has 1 aromatic heterocycles. The number of aromatic nitrogens is 2. The Morgan fingerprint density at radius 3 is 2.88 bits per heavy atom. The Morgan fingerprint density at radius 2 is 2.29 bits per heavy atom. The third kappa shape index (κ3) is 2.25. The van der Waals surface area contributed by atoms with Crippen LogP contribution in [0.5, 0.6) is 0 Å². The quantitative estimate of drug-likeness (QED) is 0.691. The number of carbonyl (C=O) groups excluding carboxylic acids is 1. The minimum absolute atomic E-state index is 0.155. The van der Waals surface area contributed by atoms with Gasteiger partial charge in [-0.1, -0.05) is 0 Å². The number of aromatic amines is 1. The Morgan fingerprint density at radius 1 is 1.53 bits per heavy atom. The molecule has 4 N–H and O–H groups in total. The van der Waals surface area contributed by atoms with Crippen molar-refractivity contribution in [2.45, 2.75) is 6.92 Å². The van der Waals surface area contributed by atoms with E-state index in [-0.39, 0.29) is 11.3 Å². The van der Waals surface area contributed by atoms with Gasteiger partial charge in [-0.15, -0.1) is 0 Å². The maximum Gasteiger partial charge on any atom is 0.258 e. The van der Waals surface area contributed by atoms with E-state index in [9.17, 15) is 9.18 Å². The van der Waals surface area contributed by atoms with E-state index in [0.29, 0.717) is 11.5 Å². The predicted molar refractivity (Wildman–Crippen MR) is 62.1 cm³/mol. The molecule has 0 fully saturated rings. The second kappa shape index (κ2) is 4.25. The van der Waals surface area contributed by atoms with Gasteiger partial charge in [-0.2, -0.15) is 0 Å². The number of amides is 1. The molecule has 0 saturated heterocycles. The van der Waals surface area contributed by atoms with Gasteiger partial charge < -0.3 is 10.7 Å².